The molecule has 0 bridgehead atoms. The largest absolute Gasteiger partial charge is 0.381 e. The van der Waals surface area contributed by atoms with Gasteiger partial charge in [-0.05, 0) is 25.0 Å². The molecular weight excluding hydrogens is 244 g/mol. The molecule has 1 N–H and O–H groups in total. The lowest BCUT2D eigenvalue weighted by Gasteiger charge is -2.34. The number of ether oxygens (including phenoxy) is 1. The minimum atomic E-state index is 0.430. The first-order valence-corrected chi connectivity index (χ1v) is 5.48. The Hall–Kier alpha value is -0.610. The van der Waals surface area contributed by atoms with Gasteiger partial charge in [-0.15, -0.1) is 0 Å². The standard InChI is InChI=1S/C10H13BrN2O/c1-14-9-5-8(6-9)13-10-4-7(11)2-3-12-10/h2-4,8-9H,5-6H2,1H3,(H,12,13). The second-order valence-corrected chi connectivity index (χ2v) is 4.45. The lowest BCUT2D eigenvalue weighted by atomic mass is 9.89. The number of rotatable bonds is 3. The molecule has 76 valence electrons. The highest BCUT2D eigenvalue weighted by Crippen LogP contribution is 2.26. The SMILES string of the molecule is COC1CC(Nc2cc(Br)ccn2)C1. The summed E-state index contributed by atoms with van der Waals surface area (Å²) >= 11 is 3.41. The predicted octanol–water partition coefficient (Wildman–Crippen LogP) is 2.43. The van der Waals surface area contributed by atoms with E-state index in [1.165, 1.54) is 0 Å². The molecule has 1 aliphatic carbocycles. The second-order valence-electron chi connectivity index (χ2n) is 3.53. The van der Waals surface area contributed by atoms with Crippen molar-refractivity contribution < 1.29 is 4.74 Å². The van der Waals surface area contributed by atoms with E-state index in [1.807, 2.05) is 12.1 Å². The molecule has 1 aromatic rings. The van der Waals surface area contributed by atoms with Gasteiger partial charge in [-0.3, -0.25) is 0 Å². The maximum absolute atomic E-state index is 5.21. The molecular formula is C10H13BrN2O. The van der Waals surface area contributed by atoms with Crippen LogP contribution in [0.1, 0.15) is 12.8 Å². The molecule has 4 heteroatoms. The van der Waals surface area contributed by atoms with Gasteiger partial charge in [0.1, 0.15) is 5.82 Å². The molecule has 0 atom stereocenters. The van der Waals surface area contributed by atoms with Crippen molar-refractivity contribution in [3.63, 3.8) is 0 Å². The van der Waals surface area contributed by atoms with Crippen LogP contribution in [-0.2, 0) is 4.74 Å². The molecule has 1 heterocycles. The second kappa shape index (κ2) is 4.28. The van der Waals surface area contributed by atoms with Gasteiger partial charge >= 0.3 is 0 Å². The van der Waals surface area contributed by atoms with Crippen LogP contribution in [0, 0.1) is 0 Å². The third-order valence-corrected chi connectivity index (χ3v) is 3.00. The fraction of sp³-hybridized carbons (Fsp3) is 0.500. The molecule has 0 amide bonds. The van der Waals surface area contributed by atoms with Crippen LogP contribution in [0.2, 0.25) is 0 Å². The molecule has 3 nitrogen and oxygen atoms in total. The number of aromatic nitrogens is 1. The quantitative estimate of drug-likeness (QED) is 0.903. The van der Waals surface area contributed by atoms with E-state index < -0.39 is 0 Å². The van der Waals surface area contributed by atoms with Gasteiger partial charge in [0.2, 0.25) is 0 Å². The smallest absolute Gasteiger partial charge is 0.127 e. The first-order valence-electron chi connectivity index (χ1n) is 4.69. The van der Waals surface area contributed by atoms with Crippen LogP contribution in [-0.4, -0.2) is 24.2 Å². The monoisotopic (exact) mass is 256 g/mol. The van der Waals surface area contributed by atoms with Crippen molar-refractivity contribution in [2.24, 2.45) is 0 Å². The third-order valence-electron chi connectivity index (χ3n) is 2.50. The highest BCUT2D eigenvalue weighted by Gasteiger charge is 2.28. The van der Waals surface area contributed by atoms with Gasteiger partial charge in [0.05, 0.1) is 6.10 Å². The summed E-state index contributed by atoms with van der Waals surface area (Å²) in [4.78, 5) is 4.23. The number of nitrogens with zero attached hydrogens (tertiary/aromatic N) is 1. The van der Waals surface area contributed by atoms with Crippen molar-refractivity contribution in [1.29, 1.82) is 0 Å². The molecule has 14 heavy (non-hydrogen) atoms. The molecule has 2 rings (SSSR count). The minimum Gasteiger partial charge on any atom is -0.381 e. The van der Waals surface area contributed by atoms with E-state index in [9.17, 15) is 0 Å². The van der Waals surface area contributed by atoms with Crippen molar-refractivity contribution in [3.8, 4) is 0 Å². The van der Waals surface area contributed by atoms with Crippen molar-refractivity contribution in [2.75, 3.05) is 12.4 Å². The molecule has 1 aromatic heterocycles. The van der Waals surface area contributed by atoms with E-state index in [4.69, 9.17) is 4.74 Å². The van der Waals surface area contributed by atoms with Crippen LogP contribution in [0.15, 0.2) is 22.8 Å². The molecule has 0 aromatic carbocycles. The van der Waals surface area contributed by atoms with Gasteiger partial charge in [0, 0.05) is 23.8 Å². The van der Waals surface area contributed by atoms with Crippen molar-refractivity contribution in [2.45, 2.75) is 25.0 Å². The summed E-state index contributed by atoms with van der Waals surface area (Å²) < 4.78 is 6.26. The van der Waals surface area contributed by atoms with Crippen LogP contribution in [0.3, 0.4) is 0 Å². The lowest BCUT2D eigenvalue weighted by molar-refractivity contribution is 0.0328. The average Bonchev–Trinajstić information content (AvgIpc) is 2.10. The maximum Gasteiger partial charge on any atom is 0.127 e. The number of halogens is 1. The van der Waals surface area contributed by atoms with E-state index in [1.54, 1.807) is 13.3 Å². The first-order chi connectivity index (χ1) is 6.78. The lowest BCUT2D eigenvalue weighted by Crippen LogP contribution is -2.40. The summed E-state index contributed by atoms with van der Waals surface area (Å²) in [6.45, 7) is 0. The molecule has 0 radical (unpaired) electrons. The Bertz CT molecular complexity index is 313. The van der Waals surface area contributed by atoms with Gasteiger partial charge in [-0.1, -0.05) is 15.9 Å². The minimum absolute atomic E-state index is 0.430. The van der Waals surface area contributed by atoms with Crippen LogP contribution in [0.4, 0.5) is 5.82 Å². The number of methoxy groups -OCH3 is 1. The number of pyridine rings is 1. The maximum atomic E-state index is 5.21. The van der Waals surface area contributed by atoms with Crippen molar-refractivity contribution in [1.82, 2.24) is 4.98 Å². The number of nitrogens with one attached hydrogen (secondary N) is 1. The predicted molar refractivity (Wildman–Crippen MR) is 59.4 cm³/mol. The third kappa shape index (κ3) is 2.25. The summed E-state index contributed by atoms with van der Waals surface area (Å²) in [5, 5.41) is 3.36. The number of hydrogen-bond donors (Lipinski definition) is 1. The Labute approximate surface area is 92.0 Å². The Morgan fingerprint density at radius 1 is 1.57 bits per heavy atom. The first kappa shape index (κ1) is 9.93. The van der Waals surface area contributed by atoms with E-state index in [0.29, 0.717) is 12.1 Å². The molecule has 0 aliphatic heterocycles. The number of hydrogen-bond acceptors (Lipinski definition) is 3. The van der Waals surface area contributed by atoms with Gasteiger partial charge in [-0.2, -0.15) is 0 Å². The topological polar surface area (TPSA) is 34.1 Å². The molecule has 0 spiro atoms. The van der Waals surface area contributed by atoms with Gasteiger partial charge in [0.25, 0.3) is 0 Å². The van der Waals surface area contributed by atoms with Crippen LogP contribution >= 0.6 is 15.9 Å². The Morgan fingerprint density at radius 3 is 3.00 bits per heavy atom. The summed E-state index contributed by atoms with van der Waals surface area (Å²) in [6.07, 6.45) is 4.37. The van der Waals surface area contributed by atoms with Crippen molar-refractivity contribution >= 4 is 21.7 Å². The zero-order chi connectivity index (χ0) is 9.97. The van der Waals surface area contributed by atoms with Crippen molar-refractivity contribution in [3.05, 3.63) is 22.8 Å². The summed E-state index contributed by atoms with van der Waals surface area (Å²) in [5.41, 5.74) is 0. The zero-order valence-corrected chi connectivity index (χ0v) is 9.62. The van der Waals surface area contributed by atoms with E-state index in [-0.39, 0.29) is 0 Å². The van der Waals surface area contributed by atoms with Crippen LogP contribution in [0.25, 0.3) is 0 Å². The highest BCUT2D eigenvalue weighted by molar-refractivity contribution is 9.10. The van der Waals surface area contributed by atoms with Gasteiger partial charge < -0.3 is 10.1 Å². The van der Waals surface area contributed by atoms with E-state index in [0.717, 1.165) is 23.1 Å². The van der Waals surface area contributed by atoms with Gasteiger partial charge in [-0.25, -0.2) is 4.98 Å². The molecule has 1 aliphatic rings. The summed E-state index contributed by atoms with van der Waals surface area (Å²) in [7, 11) is 1.76. The Morgan fingerprint density at radius 2 is 2.36 bits per heavy atom. The average molecular weight is 257 g/mol. The summed E-state index contributed by atoms with van der Waals surface area (Å²) in [5.74, 6) is 0.930. The number of anilines is 1. The highest BCUT2D eigenvalue weighted by atomic mass is 79.9. The fourth-order valence-electron chi connectivity index (χ4n) is 1.57. The van der Waals surface area contributed by atoms with Crippen LogP contribution < -0.4 is 5.32 Å². The van der Waals surface area contributed by atoms with E-state index in [2.05, 4.69) is 26.2 Å². The summed E-state index contributed by atoms with van der Waals surface area (Å²) in [6, 6.07) is 4.42. The molecule has 0 saturated heterocycles. The Kier molecular flexibility index (Phi) is 3.03. The normalized spacial score (nSPS) is 25.6. The molecule has 0 unspecified atom stereocenters. The van der Waals surface area contributed by atoms with Crippen LogP contribution in [0.5, 0.6) is 0 Å². The zero-order valence-electron chi connectivity index (χ0n) is 8.03. The van der Waals surface area contributed by atoms with E-state index >= 15 is 0 Å². The fourth-order valence-corrected chi connectivity index (χ4v) is 1.90. The molecule has 1 fully saturated rings. The Balaban J connectivity index is 1.87. The molecule has 1 saturated carbocycles. The van der Waals surface area contributed by atoms with Gasteiger partial charge in [0.15, 0.2) is 0 Å².